The molecule has 0 unspecified atom stereocenters. The van der Waals surface area contributed by atoms with Crippen LogP contribution in [-0.4, -0.2) is 29.1 Å². The van der Waals surface area contributed by atoms with Crippen LogP contribution in [0.3, 0.4) is 0 Å². The van der Waals surface area contributed by atoms with Crippen LogP contribution < -0.4 is 5.73 Å². The van der Waals surface area contributed by atoms with Crippen LogP contribution in [0.1, 0.15) is 46.9 Å². The highest BCUT2D eigenvalue weighted by molar-refractivity contribution is 5.95. The Morgan fingerprint density at radius 2 is 2.00 bits per heavy atom. The molecule has 11 heteroatoms. The summed E-state index contributed by atoms with van der Waals surface area (Å²) in [6, 6.07) is 5.03. The molecule has 0 saturated heterocycles. The number of nitrogens with two attached hydrogens (primary N) is 1. The van der Waals surface area contributed by atoms with Crippen molar-refractivity contribution in [2.24, 2.45) is 10.7 Å². The van der Waals surface area contributed by atoms with E-state index in [-0.39, 0.29) is 28.8 Å². The van der Waals surface area contributed by atoms with Crippen LogP contribution in [-0.2, 0) is 16.7 Å². The SMILES string of the molecule is C[C@@]1(c2cc(CC(=O)c3ccc(C(F)F)cn3)ccc2F)C[C@@H](C(F)(F)F)OC(N)=N1. The molecule has 0 saturated carbocycles. The molecule has 0 bridgehead atoms. The third-order valence-electron chi connectivity index (χ3n) is 4.87. The van der Waals surface area contributed by atoms with Gasteiger partial charge in [0.05, 0.1) is 5.54 Å². The average molecular weight is 445 g/mol. The predicted octanol–water partition coefficient (Wildman–Crippen LogP) is 4.46. The fourth-order valence-electron chi connectivity index (χ4n) is 3.29. The molecule has 3 rings (SSSR count). The van der Waals surface area contributed by atoms with Crippen LogP contribution in [0.25, 0.3) is 0 Å². The molecule has 1 aliphatic rings. The van der Waals surface area contributed by atoms with Gasteiger partial charge in [-0.15, -0.1) is 0 Å². The standard InChI is InChI=1S/C20H17F6N3O2/c1-19(8-16(20(24,25)26)31-18(27)29-19)12-6-10(2-4-13(12)21)7-15(30)14-5-3-11(9-28-14)17(22)23/h2-6,9,16-17H,7-8H2,1H3,(H2,27,29)/t16-,19-/m0/s1. The summed E-state index contributed by atoms with van der Waals surface area (Å²) in [5.74, 6) is -1.36. The molecule has 0 spiro atoms. The van der Waals surface area contributed by atoms with E-state index in [9.17, 15) is 31.1 Å². The van der Waals surface area contributed by atoms with Gasteiger partial charge >= 0.3 is 6.18 Å². The zero-order valence-electron chi connectivity index (χ0n) is 16.1. The monoisotopic (exact) mass is 445 g/mol. The number of ketones is 1. The molecule has 0 radical (unpaired) electrons. The van der Waals surface area contributed by atoms with Crippen LogP contribution in [0.2, 0.25) is 0 Å². The maximum absolute atomic E-state index is 14.5. The number of halogens is 6. The number of pyridine rings is 1. The van der Waals surface area contributed by atoms with Crippen molar-refractivity contribution >= 4 is 11.8 Å². The third-order valence-corrected chi connectivity index (χ3v) is 4.87. The Bertz CT molecular complexity index is 1010. The zero-order chi connectivity index (χ0) is 23.0. The van der Waals surface area contributed by atoms with Crippen LogP contribution >= 0.6 is 0 Å². The highest BCUT2D eigenvalue weighted by Crippen LogP contribution is 2.41. The van der Waals surface area contributed by atoms with Crippen molar-refractivity contribution in [1.29, 1.82) is 0 Å². The largest absolute Gasteiger partial charge is 0.452 e. The molecule has 1 aromatic carbocycles. The number of alkyl halides is 5. The quantitative estimate of drug-likeness (QED) is 0.545. The number of ether oxygens (including phenoxy) is 1. The van der Waals surface area contributed by atoms with Crippen molar-refractivity contribution in [2.45, 2.75) is 44.0 Å². The molecule has 2 heterocycles. The summed E-state index contributed by atoms with van der Waals surface area (Å²) in [6.45, 7) is 1.29. The fourth-order valence-corrected chi connectivity index (χ4v) is 3.29. The Labute approximate surface area is 172 Å². The molecular weight excluding hydrogens is 428 g/mol. The molecule has 31 heavy (non-hydrogen) atoms. The molecule has 0 aliphatic carbocycles. The Balaban J connectivity index is 1.88. The first-order valence-electron chi connectivity index (χ1n) is 9.04. The number of amidine groups is 1. The number of hydrogen-bond donors (Lipinski definition) is 1. The zero-order valence-corrected chi connectivity index (χ0v) is 16.1. The lowest BCUT2D eigenvalue weighted by molar-refractivity contribution is -0.208. The first-order chi connectivity index (χ1) is 14.4. The van der Waals surface area contributed by atoms with Crippen molar-refractivity contribution in [2.75, 3.05) is 0 Å². The molecule has 5 nitrogen and oxygen atoms in total. The van der Waals surface area contributed by atoms with Gasteiger partial charge in [0, 0.05) is 30.2 Å². The molecule has 1 aromatic heterocycles. The van der Waals surface area contributed by atoms with Crippen molar-refractivity contribution in [3.8, 4) is 0 Å². The summed E-state index contributed by atoms with van der Waals surface area (Å²) >= 11 is 0. The number of rotatable bonds is 5. The van der Waals surface area contributed by atoms with E-state index in [2.05, 4.69) is 14.7 Å². The predicted molar refractivity (Wildman–Crippen MR) is 98.1 cm³/mol. The summed E-state index contributed by atoms with van der Waals surface area (Å²) in [6.07, 6.45) is -9.83. The van der Waals surface area contributed by atoms with Gasteiger partial charge in [0.25, 0.3) is 12.4 Å². The van der Waals surface area contributed by atoms with Gasteiger partial charge in [0.15, 0.2) is 11.9 Å². The highest BCUT2D eigenvalue weighted by atomic mass is 19.4. The lowest BCUT2D eigenvalue weighted by Crippen LogP contribution is -2.46. The van der Waals surface area contributed by atoms with Crippen molar-refractivity contribution in [3.63, 3.8) is 0 Å². The molecular formula is C20H17F6N3O2. The van der Waals surface area contributed by atoms with Crippen molar-refractivity contribution < 1.29 is 35.9 Å². The molecule has 2 aromatic rings. The third kappa shape index (κ3) is 4.97. The van der Waals surface area contributed by atoms with E-state index in [1.54, 1.807) is 0 Å². The number of benzene rings is 1. The van der Waals surface area contributed by atoms with Gasteiger partial charge in [-0.2, -0.15) is 13.2 Å². The van der Waals surface area contributed by atoms with Gasteiger partial charge in [-0.3, -0.25) is 9.78 Å². The number of carbonyl (C=O) groups is 1. The number of carbonyl (C=O) groups excluding carboxylic acids is 1. The van der Waals surface area contributed by atoms with Gasteiger partial charge in [0.1, 0.15) is 11.5 Å². The van der Waals surface area contributed by atoms with E-state index in [4.69, 9.17) is 5.73 Å². The second kappa shape index (κ2) is 8.20. The highest BCUT2D eigenvalue weighted by Gasteiger charge is 2.50. The number of nitrogens with zero attached hydrogens (tertiary/aromatic N) is 2. The number of aliphatic imine (C=N–C) groups is 1. The maximum atomic E-state index is 14.5. The molecule has 0 amide bonds. The van der Waals surface area contributed by atoms with Crippen LogP contribution in [0.15, 0.2) is 41.5 Å². The number of hydrogen-bond acceptors (Lipinski definition) is 5. The molecule has 0 fully saturated rings. The summed E-state index contributed by atoms with van der Waals surface area (Å²) < 4.78 is 83.8. The summed E-state index contributed by atoms with van der Waals surface area (Å²) in [7, 11) is 0. The topological polar surface area (TPSA) is 77.6 Å². The van der Waals surface area contributed by atoms with Gasteiger partial charge in [-0.05, 0) is 36.8 Å². The van der Waals surface area contributed by atoms with E-state index in [0.29, 0.717) is 0 Å². The number of Topliss-reactive ketones (excluding diaryl/α,β-unsaturated/α-hetero) is 1. The van der Waals surface area contributed by atoms with E-state index in [1.807, 2.05) is 0 Å². The second-order valence-electron chi connectivity index (χ2n) is 7.27. The summed E-state index contributed by atoms with van der Waals surface area (Å²) in [5.41, 5.74) is 3.41. The molecule has 2 atom stereocenters. The first-order valence-corrected chi connectivity index (χ1v) is 9.04. The van der Waals surface area contributed by atoms with E-state index in [1.165, 1.54) is 19.1 Å². The lowest BCUT2D eigenvalue weighted by atomic mass is 9.84. The van der Waals surface area contributed by atoms with Gasteiger partial charge in [-0.25, -0.2) is 18.2 Å². The Kier molecular flexibility index (Phi) is 5.97. The van der Waals surface area contributed by atoms with Gasteiger partial charge in [-0.1, -0.05) is 6.07 Å². The molecule has 2 N–H and O–H groups in total. The lowest BCUT2D eigenvalue weighted by Gasteiger charge is -2.36. The summed E-state index contributed by atoms with van der Waals surface area (Å²) in [5, 5.41) is 0. The molecule has 166 valence electrons. The maximum Gasteiger partial charge on any atom is 0.425 e. The average Bonchev–Trinajstić information content (AvgIpc) is 2.68. The Hall–Kier alpha value is -3.11. The smallest absolute Gasteiger partial charge is 0.425 e. The molecule has 1 aliphatic heterocycles. The minimum absolute atomic E-state index is 0.0769. The minimum atomic E-state index is -4.73. The van der Waals surface area contributed by atoms with E-state index < -0.39 is 48.3 Å². The van der Waals surface area contributed by atoms with Crippen molar-refractivity contribution in [3.05, 3.63) is 64.7 Å². The van der Waals surface area contributed by atoms with Crippen LogP contribution in [0, 0.1) is 5.82 Å². The number of aromatic nitrogens is 1. The minimum Gasteiger partial charge on any atom is -0.452 e. The fraction of sp³-hybridized carbons (Fsp3) is 0.350. The van der Waals surface area contributed by atoms with E-state index >= 15 is 0 Å². The van der Waals surface area contributed by atoms with Gasteiger partial charge < -0.3 is 10.5 Å². The van der Waals surface area contributed by atoms with Crippen molar-refractivity contribution in [1.82, 2.24) is 4.98 Å². The normalized spacial score (nSPS) is 21.5. The van der Waals surface area contributed by atoms with E-state index in [0.717, 1.165) is 24.4 Å². The van der Waals surface area contributed by atoms with Crippen LogP contribution in [0.4, 0.5) is 26.3 Å². The Morgan fingerprint density at radius 3 is 2.58 bits per heavy atom. The second-order valence-corrected chi connectivity index (χ2v) is 7.27. The van der Waals surface area contributed by atoms with Gasteiger partial charge in [0.2, 0.25) is 0 Å². The first kappa shape index (κ1) is 22.6. The summed E-state index contributed by atoms with van der Waals surface area (Å²) in [4.78, 5) is 20.0. The van der Waals surface area contributed by atoms with Crippen LogP contribution in [0.5, 0.6) is 0 Å². The Morgan fingerprint density at radius 1 is 1.29 bits per heavy atom.